The van der Waals surface area contributed by atoms with Crippen molar-refractivity contribution in [3.05, 3.63) is 64.1 Å². The van der Waals surface area contributed by atoms with Crippen LogP contribution in [0.3, 0.4) is 0 Å². The highest BCUT2D eigenvalue weighted by Gasteiger charge is 2.44. The molecular formula is C17H15Cl2NO2. The average Bonchev–Trinajstić information content (AvgIpc) is 2.74. The molecule has 22 heavy (non-hydrogen) atoms. The largest absolute Gasteiger partial charge is 0.453 e. The number of benzene rings is 2. The molecule has 0 radical (unpaired) electrons. The van der Waals surface area contributed by atoms with Crippen LogP contribution in [0, 0.1) is 0 Å². The summed E-state index contributed by atoms with van der Waals surface area (Å²) in [5.41, 5.74) is 1.06. The maximum absolute atomic E-state index is 12.2. The van der Waals surface area contributed by atoms with Crippen LogP contribution in [0.1, 0.15) is 18.9 Å². The van der Waals surface area contributed by atoms with Crippen molar-refractivity contribution < 1.29 is 9.53 Å². The highest BCUT2D eigenvalue weighted by molar-refractivity contribution is 6.35. The maximum atomic E-state index is 12.2. The summed E-state index contributed by atoms with van der Waals surface area (Å²) >= 11 is 12.0. The lowest BCUT2D eigenvalue weighted by atomic mass is 9.91. The standard InChI is InChI=1S/C17H15Cl2NO2/c1-17(11-5-3-2-4-6-11)10-15(16(21)22-17)20-14-8-12(18)7-13(19)9-14/h2-9,15,20H,10H2,1H3. The Morgan fingerprint density at radius 3 is 2.41 bits per heavy atom. The van der Waals surface area contributed by atoms with Crippen molar-refractivity contribution >= 4 is 34.9 Å². The average molecular weight is 336 g/mol. The van der Waals surface area contributed by atoms with E-state index in [1.807, 2.05) is 37.3 Å². The van der Waals surface area contributed by atoms with Crippen LogP contribution in [0.2, 0.25) is 10.0 Å². The van der Waals surface area contributed by atoms with Crippen molar-refractivity contribution in [2.45, 2.75) is 25.0 Å². The van der Waals surface area contributed by atoms with Crippen molar-refractivity contribution in [2.24, 2.45) is 0 Å². The van der Waals surface area contributed by atoms with Gasteiger partial charge in [-0.1, -0.05) is 53.5 Å². The van der Waals surface area contributed by atoms with Gasteiger partial charge in [0, 0.05) is 22.2 Å². The molecular weight excluding hydrogens is 321 g/mol. The van der Waals surface area contributed by atoms with Crippen LogP contribution in [0.25, 0.3) is 0 Å². The molecule has 2 atom stereocenters. The quantitative estimate of drug-likeness (QED) is 0.830. The van der Waals surface area contributed by atoms with Gasteiger partial charge in [0.1, 0.15) is 11.6 Å². The molecule has 0 saturated carbocycles. The molecule has 1 fully saturated rings. The van der Waals surface area contributed by atoms with E-state index in [0.717, 1.165) is 5.56 Å². The molecule has 0 spiro atoms. The molecule has 3 nitrogen and oxygen atoms in total. The first-order chi connectivity index (χ1) is 10.5. The van der Waals surface area contributed by atoms with Crippen LogP contribution in [0.4, 0.5) is 5.69 Å². The number of hydrogen-bond acceptors (Lipinski definition) is 3. The van der Waals surface area contributed by atoms with E-state index in [1.54, 1.807) is 18.2 Å². The second-order valence-corrected chi connectivity index (χ2v) is 6.45. The third kappa shape index (κ3) is 3.06. The summed E-state index contributed by atoms with van der Waals surface area (Å²) in [7, 11) is 0. The molecule has 0 amide bonds. The zero-order chi connectivity index (χ0) is 15.7. The van der Waals surface area contributed by atoms with Gasteiger partial charge in [-0.2, -0.15) is 0 Å². The Morgan fingerprint density at radius 1 is 1.14 bits per heavy atom. The fourth-order valence-corrected chi connectivity index (χ4v) is 3.25. The first-order valence-corrected chi connectivity index (χ1v) is 7.73. The Morgan fingerprint density at radius 2 is 1.77 bits per heavy atom. The minimum absolute atomic E-state index is 0.276. The van der Waals surface area contributed by atoms with Gasteiger partial charge in [0.15, 0.2) is 0 Å². The topological polar surface area (TPSA) is 38.3 Å². The normalized spacial score (nSPS) is 24.1. The van der Waals surface area contributed by atoms with E-state index in [1.165, 1.54) is 0 Å². The molecule has 0 bridgehead atoms. The van der Waals surface area contributed by atoms with Gasteiger partial charge in [-0.15, -0.1) is 0 Å². The SMILES string of the molecule is CC1(c2ccccc2)CC(Nc2cc(Cl)cc(Cl)c2)C(=O)O1. The van der Waals surface area contributed by atoms with Crippen molar-refractivity contribution in [1.82, 2.24) is 0 Å². The number of ether oxygens (including phenoxy) is 1. The highest BCUT2D eigenvalue weighted by Crippen LogP contribution is 2.37. The number of esters is 1. The summed E-state index contributed by atoms with van der Waals surface area (Å²) < 4.78 is 5.61. The monoisotopic (exact) mass is 335 g/mol. The molecule has 1 N–H and O–H groups in total. The second-order valence-electron chi connectivity index (χ2n) is 5.58. The fraction of sp³-hybridized carbons (Fsp3) is 0.235. The fourth-order valence-electron chi connectivity index (χ4n) is 2.72. The van der Waals surface area contributed by atoms with E-state index in [9.17, 15) is 4.79 Å². The van der Waals surface area contributed by atoms with Gasteiger partial charge in [0.2, 0.25) is 0 Å². The van der Waals surface area contributed by atoms with Crippen molar-refractivity contribution in [3.63, 3.8) is 0 Å². The van der Waals surface area contributed by atoms with E-state index in [4.69, 9.17) is 27.9 Å². The van der Waals surface area contributed by atoms with E-state index < -0.39 is 11.6 Å². The van der Waals surface area contributed by atoms with Crippen molar-refractivity contribution in [3.8, 4) is 0 Å². The Balaban J connectivity index is 1.80. The molecule has 0 aromatic heterocycles. The van der Waals surface area contributed by atoms with Crippen LogP contribution in [0.15, 0.2) is 48.5 Å². The van der Waals surface area contributed by atoms with Gasteiger partial charge in [-0.3, -0.25) is 0 Å². The second kappa shape index (κ2) is 5.82. The van der Waals surface area contributed by atoms with Crippen LogP contribution in [0.5, 0.6) is 0 Å². The lowest BCUT2D eigenvalue weighted by molar-refractivity contribution is -0.148. The van der Waals surface area contributed by atoms with Gasteiger partial charge < -0.3 is 10.1 Å². The third-order valence-corrected chi connectivity index (χ3v) is 4.23. The first-order valence-electron chi connectivity index (χ1n) is 6.97. The number of hydrogen-bond donors (Lipinski definition) is 1. The lowest BCUT2D eigenvalue weighted by Gasteiger charge is -2.22. The number of anilines is 1. The van der Waals surface area contributed by atoms with Crippen LogP contribution >= 0.6 is 23.2 Å². The Labute approximate surface area is 139 Å². The molecule has 2 aromatic rings. The minimum atomic E-state index is -0.627. The molecule has 1 heterocycles. The van der Waals surface area contributed by atoms with Crippen LogP contribution < -0.4 is 5.32 Å². The molecule has 1 aliphatic rings. The number of carbonyl (C=O) groups is 1. The summed E-state index contributed by atoms with van der Waals surface area (Å²) in [4.78, 5) is 12.2. The lowest BCUT2D eigenvalue weighted by Crippen LogP contribution is -2.25. The predicted molar refractivity (Wildman–Crippen MR) is 88.4 cm³/mol. The first kappa shape index (κ1) is 15.2. The molecule has 1 aliphatic heterocycles. The number of cyclic esters (lactones) is 1. The highest BCUT2D eigenvalue weighted by atomic mass is 35.5. The van der Waals surface area contributed by atoms with Crippen LogP contribution in [-0.4, -0.2) is 12.0 Å². The third-order valence-electron chi connectivity index (χ3n) is 3.79. The summed E-state index contributed by atoms with van der Waals surface area (Å²) in [5, 5.41) is 4.19. The van der Waals surface area contributed by atoms with Crippen LogP contribution in [-0.2, 0) is 15.1 Å². The molecule has 5 heteroatoms. The van der Waals surface area contributed by atoms with E-state index in [-0.39, 0.29) is 5.97 Å². The number of carbonyl (C=O) groups excluding carboxylic acids is 1. The summed E-state index contributed by atoms with van der Waals surface area (Å²) in [6, 6.07) is 14.4. The summed E-state index contributed by atoms with van der Waals surface area (Å²) in [5.74, 6) is -0.276. The van der Waals surface area contributed by atoms with Gasteiger partial charge in [-0.25, -0.2) is 4.79 Å². The van der Waals surface area contributed by atoms with Crippen molar-refractivity contribution in [2.75, 3.05) is 5.32 Å². The smallest absolute Gasteiger partial charge is 0.329 e. The zero-order valence-corrected chi connectivity index (χ0v) is 13.5. The molecule has 1 saturated heterocycles. The minimum Gasteiger partial charge on any atom is -0.453 e. The Bertz CT molecular complexity index is 685. The van der Waals surface area contributed by atoms with Crippen molar-refractivity contribution in [1.29, 1.82) is 0 Å². The number of nitrogens with one attached hydrogen (secondary N) is 1. The molecule has 114 valence electrons. The Kier molecular flexibility index (Phi) is 4.02. The number of rotatable bonds is 3. The summed E-state index contributed by atoms with van der Waals surface area (Å²) in [6.45, 7) is 1.92. The van der Waals surface area contributed by atoms with Gasteiger partial charge in [0.05, 0.1) is 0 Å². The molecule has 2 aromatic carbocycles. The molecule has 3 rings (SSSR count). The molecule has 0 aliphatic carbocycles. The predicted octanol–water partition coefficient (Wildman–Crippen LogP) is 4.64. The van der Waals surface area contributed by atoms with Gasteiger partial charge in [-0.05, 0) is 30.7 Å². The summed E-state index contributed by atoms with van der Waals surface area (Å²) in [6.07, 6.45) is 0.542. The van der Waals surface area contributed by atoms with E-state index in [2.05, 4.69) is 5.32 Å². The van der Waals surface area contributed by atoms with Gasteiger partial charge in [0.25, 0.3) is 0 Å². The van der Waals surface area contributed by atoms with E-state index in [0.29, 0.717) is 22.2 Å². The zero-order valence-electron chi connectivity index (χ0n) is 12.0. The van der Waals surface area contributed by atoms with E-state index >= 15 is 0 Å². The number of halogens is 2. The molecule has 2 unspecified atom stereocenters. The Hall–Kier alpha value is -1.71. The maximum Gasteiger partial charge on any atom is 0.329 e. The van der Waals surface area contributed by atoms with Gasteiger partial charge >= 0.3 is 5.97 Å².